The monoisotopic (exact) mass is 518 g/mol. The van der Waals surface area contributed by atoms with Gasteiger partial charge in [-0.15, -0.1) is 0 Å². The summed E-state index contributed by atoms with van der Waals surface area (Å²) < 4.78 is 45.1. The van der Waals surface area contributed by atoms with E-state index in [4.69, 9.17) is 4.74 Å². The minimum atomic E-state index is -4.56. The number of carbonyl (C=O) groups excluding carboxylic acids is 3. The van der Waals surface area contributed by atoms with E-state index in [0.717, 1.165) is 16.8 Å². The molecule has 1 heterocycles. The number of hydrogen-bond donors (Lipinski definition) is 3. The van der Waals surface area contributed by atoms with Crippen molar-refractivity contribution in [3.63, 3.8) is 0 Å². The molecule has 0 saturated carbocycles. The summed E-state index contributed by atoms with van der Waals surface area (Å²) in [5, 5.41) is 4.73. The van der Waals surface area contributed by atoms with Crippen LogP contribution >= 0.6 is 15.9 Å². The molecule has 1 aromatic heterocycles. The maximum absolute atomic E-state index is 12.9. The van der Waals surface area contributed by atoms with Gasteiger partial charge in [0.05, 0.1) is 10.0 Å². The molecule has 8 nitrogen and oxygen atoms in total. The van der Waals surface area contributed by atoms with Gasteiger partial charge >= 0.3 is 12.3 Å². The quantitative estimate of drug-likeness (QED) is 0.542. The smallest absolute Gasteiger partial charge is 0.416 e. The Morgan fingerprint density at radius 3 is 2.38 bits per heavy atom. The van der Waals surface area contributed by atoms with Gasteiger partial charge in [0, 0.05) is 11.9 Å². The van der Waals surface area contributed by atoms with Crippen LogP contribution in [0.15, 0.2) is 41.0 Å². The third-order valence-electron chi connectivity index (χ3n) is 3.86. The molecule has 1 unspecified atom stereocenters. The molecule has 0 radical (unpaired) electrons. The lowest BCUT2D eigenvalue weighted by atomic mass is 10.2. The van der Waals surface area contributed by atoms with Gasteiger partial charge in [-0.05, 0) is 67.9 Å². The third kappa shape index (κ3) is 7.01. The number of nitrogens with one attached hydrogen (secondary N) is 3. The Morgan fingerprint density at radius 1 is 1.12 bits per heavy atom. The van der Waals surface area contributed by atoms with E-state index in [2.05, 4.69) is 32.0 Å². The first-order valence-electron chi connectivity index (χ1n) is 9.33. The number of aromatic nitrogens is 1. The number of alkyl halides is 3. The minimum absolute atomic E-state index is 0.0692. The fourth-order valence-corrected chi connectivity index (χ4v) is 2.94. The van der Waals surface area contributed by atoms with Crippen molar-refractivity contribution in [2.45, 2.75) is 45.5 Å². The largest absolute Gasteiger partial charge is 0.444 e. The van der Waals surface area contributed by atoms with Gasteiger partial charge in [0.1, 0.15) is 17.3 Å². The standard InChI is InChI=1S/C20H22BrF3N4O4/c1-11(25-18(31)32-19(2,3)4)16(29)27-28-9-8-14(21)15(28)17(30)26-13-7-5-6-12(10-13)20(22,23)24/h5-11H,1-4H3,(H,25,31)(H,26,30)(H,27,29). The van der Waals surface area contributed by atoms with Gasteiger partial charge in [-0.1, -0.05) is 6.07 Å². The van der Waals surface area contributed by atoms with Crippen LogP contribution < -0.4 is 16.1 Å². The molecule has 1 aromatic carbocycles. The molecule has 0 fully saturated rings. The van der Waals surface area contributed by atoms with Crippen LogP contribution in [0.5, 0.6) is 0 Å². The van der Waals surface area contributed by atoms with Crippen LogP contribution in [0.4, 0.5) is 23.7 Å². The Kier molecular flexibility index (Phi) is 7.60. The molecule has 1 atom stereocenters. The first kappa shape index (κ1) is 25.2. The molecule has 3 N–H and O–H groups in total. The van der Waals surface area contributed by atoms with Crippen LogP contribution in [0.2, 0.25) is 0 Å². The molecule has 0 aliphatic rings. The molecule has 12 heteroatoms. The minimum Gasteiger partial charge on any atom is -0.444 e. The Balaban J connectivity index is 2.12. The lowest BCUT2D eigenvalue weighted by Crippen LogP contribution is -2.46. The summed E-state index contributed by atoms with van der Waals surface area (Å²) in [5.41, 5.74) is 0.629. The fraction of sp³-hybridized carbons (Fsp3) is 0.350. The van der Waals surface area contributed by atoms with Crippen molar-refractivity contribution in [3.05, 3.63) is 52.3 Å². The summed E-state index contributed by atoms with van der Waals surface area (Å²) in [7, 11) is 0. The molecule has 2 aromatic rings. The predicted molar refractivity (Wildman–Crippen MR) is 115 cm³/mol. The summed E-state index contributed by atoms with van der Waals surface area (Å²) in [4.78, 5) is 37.0. The molecular weight excluding hydrogens is 497 g/mol. The Morgan fingerprint density at radius 2 is 1.78 bits per heavy atom. The molecular formula is C20H22BrF3N4O4. The second-order valence-corrected chi connectivity index (χ2v) is 8.61. The molecule has 0 saturated heterocycles. The number of alkyl carbamates (subject to hydrolysis) is 1. The number of rotatable bonds is 5. The Bertz CT molecular complexity index is 1020. The van der Waals surface area contributed by atoms with Crippen molar-refractivity contribution in [1.29, 1.82) is 0 Å². The highest BCUT2D eigenvalue weighted by atomic mass is 79.9. The van der Waals surface area contributed by atoms with Gasteiger partial charge in [-0.25, -0.2) is 4.79 Å². The number of carbonyl (C=O) groups is 3. The third-order valence-corrected chi connectivity index (χ3v) is 4.50. The second-order valence-electron chi connectivity index (χ2n) is 7.76. The molecule has 0 aliphatic carbocycles. The highest BCUT2D eigenvalue weighted by Crippen LogP contribution is 2.31. The first-order chi connectivity index (χ1) is 14.7. The number of amides is 3. The Hall–Kier alpha value is -3.02. The SMILES string of the molecule is CC(NC(=O)OC(C)(C)C)C(=O)Nn1ccc(Br)c1C(=O)Nc1cccc(C(F)(F)F)c1. The summed E-state index contributed by atoms with van der Waals surface area (Å²) in [6.45, 7) is 6.43. The van der Waals surface area contributed by atoms with Crippen molar-refractivity contribution in [2.24, 2.45) is 0 Å². The topological polar surface area (TPSA) is 101 Å². The summed E-state index contributed by atoms with van der Waals surface area (Å²) in [6, 6.07) is 4.61. The summed E-state index contributed by atoms with van der Waals surface area (Å²) in [6.07, 6.45) is -3.99. The van der Waals surface area contributed by atoms with E-state index in [9.17, 15) is 27.6 Å². The van der Waals surface area contributed by atoms with Crippen LogP contribution in [0.25, 0.3) is 0 Å². The van der Waals surface area contributed by atoms with Gasteiger partial charge in [0.25, 0.3) is 11.8 Å². The van der Waals surface area contributed by atoms with Gasteiger partial charge in [0.2, 0.25) is 0 Å². The van der Waals surface area contributed by atoms with Crippen LogP contribution in [0.1, 0.15) is 43.7 Å². The lowest BCUT2D eigenvalue weighted by molar-refractivity contribution is -0.137. The van der Waals surface area contributed by atoms with Crippen molar-refractivity contribution < 1.29 is 32.3 Å². The average molecular weight is 519 g/mol. The predicted octanol–water partition coefficient (Wildman–Crippen LogP) is 4.51. The number of anilines is 1. The molecule has 32 heavy (non-hydrogen) atoms. The van der Waals surface area contributed by atoms with Crippen molar-refractivity contribution in [1.82, 2.24) is 9.99 Å². The normalized spacial score (nSPS) is 12.6. The first-order valence-corrected chi connectivity index (χ1v) is 10.1. The maximum Gasteiger partial charge on any atom is 0.416 e. The zero-order valence-electron chi connectivity index (χ0n) is 17.6. The molecule has 3 amide bonds. The number of nitrogens with zero attached hydrogens (tertiary/aromatic N) is 1. The van der Waals surface area contributed by atoms with Crippen LogP contribution in [-0.4, -0.2) is 34.2 Å². The lowest BCUT2D eigenvalue weighted by Gasteiger charge is -2.22. The van der Waals surface area contributed by atoms with Crippen molar-refractivity contribution >= 4 is 39.5 Å². The summed E-state index contributed by atoms with van der Waals surface area (Å²) in [5.74, 6) is -1.43. The van der Waals surface area contributed by atoms with Gasteiger partial charge in [-0.3, -0.25) is 19.7 Å². The van der Waals surface area contributed by atoms with Gasteiger partial charge in [-0.2, -0.15) is 13.2 Å². The van der Waals surface area contributed by atoms with Crippen molar-refractivity contribution in [2.75, 3.05) is 10.7 Å². The van der Waals surface area contributed by atoms with E-state index in [1.54, 1.807) is 20.8 Å². The highest BCUT2D eigenvalue weighted by Gasteiger charge is 2.30. The highest BCUT2D eigenvalue weighted by molar-refractivity contribution is 9.10. The van der Waals surface area contributed by atoms with Crippen LogP contribution in [0, 0.1) is 0 Å². The van der Waals surface area contributed by atoms with E-state index < -0.39 is 41.3 Å². The van der Waals surface area contributed by atoms with E-state index >= 15 is 0 Å². The van der Waals surface area contributed by atoms with Gasteiger partial charge in [0.15, 0.2) is 0 Å². The number of halogens is 4. The zero-order chi connectivity index (χ0) is 24.3. The number of hydrogen-bond acceptors (Lipinski definition) is 4. The molecule has 0 aliphatic heterocycles. The number of ether oxygens (including phenoxy) is 1. The molecule has 0 spiro atoms. The van der Waals surface area contributed by atoms with E-state index in [-0.39, 0.29) is 15.9 Å². The maximum atomic E-state index is 12.9. The second kappa shape index (κ2) is 9.63. The molecule has 0 bridgehead atoms. The van der Waals surface area contributed by atoms with E-state index in [1.165, 1.54) is 31.3 Å². The average Bonchev–Trinajstić information content (AvgIpc) is 2.99. The fourth-order valence-electron chi connectivity index (χ4n) is 2.45. The van der Waals surface area contributed by atoms with Crippen LogP contribution in [-0.2, 0) is 15.7 Å². The molecule has 2 rings (SSSR count). The zero-order valence-corrected chi connectivity index (χ0v) is 19.2. The number of benzene rings is 1. The van der Waals surface area contributed by atoms with E-state index in [0.29, 0.717) is 0 Å². The summed E-state index contributed by atoms with van der Waals surface area (Å²) >= 11 is 3.17. The van der Waals surface area contributed by atoms with Crippen molar-refractivity contribution in [3.8, 4) is 0 Å². The Labute approximate surface area is 190 Å². The van der Waals surface area contributed by atoms with Crippen LogP contribution in [0.3, 0.4) is 0 Å². The molecule has 174 valence electrons. The van der Waals surface area contributed by atoms with E-state index in [1.807, 2.05) is 0 Å². The van der Waals surface area contributed by atoms with Gasteiger partial charge < -0.3 is 15.4 Å².